The maximum Gasteiger partial charge on any atom is 0.144 e. The summed E-state index contributed by atoms with van der Waals surface area (Å²) in [5, 5.41) is 0. The van der Waals surface area contributed by atoms with Gasteiger partial charge in [-0.2, -0.15) is 0 Å². The van der Waals surface area contributed by atoms with Crippen LogP contribution in [-0.2, 0) is 16.5 Å². The molecule has 0 atom stereocenters. The molecule has 0 saturated heterocycles. The molecule has 2 aromatic carbocycles. The lowest BCUT2D eigenvalue weighted by molar-refractivity contribution is 0.614. The molecule has 0 aliphatic rings. The van der Waals surface area contributed by atoms with Crippen LogP contribution >= 0.6 is 0 Å². The molecule has 0 fully saturated rings. The van der Waals surface area contributed by atoms with Crippen LogP contribution < -0.4 is 0 Å². The maximum atomic E-state index is 10.7. The smallest absolute Gasteiger partial charge is 0.144 e. The van der Waals surface area contributed by atoms with Crippen molar-refractivity contribution in [1.29, 1.82) is 0 Å². The summed E-state index contributed by atoms with van der Waals surface area (Å²) in [6.45, 7) is 1.96. The van der Waals surface area contributed by atoms with Crippen molar-refractivity contribution < 1.29 is 8.42 Å². The van der Waals surface area contributed by atoms with Crippen LogP contribution in [0.25, 0.3) is 11.1 Å². The predicted molar refractivity (Wildman–Crippen MR) is 69.5 cm³/mol. The van der Waals surface area contributed by atoms with Gasteiger partial charge in [-0.1, -0.05) is 48.0 Å². The van der Waals surface area contributed by atoms with Crippen LogP contribution in [0, 0.1) is 13.0 Å². The summed E-state index contributed by atoms with van der Waals surface area (Å²) in [6, 6.07) is 16.9. The van der Waals surface area contributed by atoms with Gasteiger partial charge in [-0.3, -0.25) is 0 Å². The van der Waals surface area contributed by atoms with Crippen LogP contribution in [0.3, 0.4) is 0 Å². The number of hydrogen-bond donors (Lipinski definition) is 1. The van der Waals surface area contributed by atoms with Crippen molar-refractivity contribution in [3.8, 4) is 11.1 Å². The second kappa shape index (κ2) is 5.15. The number of rotatable bonds is 3. The molecule has 2 nitrogen and oxygen atoms in total. The summed E-state index contributed by atoms with van der Waals surface area (Å²) in [4.78, 5) is 0. The third-order valence-corrected chi connectivity index (χ3v) is 3.05. The molecular weight excluding hydrogens is 232 g/mol. The Kier molecular flexibility index (Phi) is 3.59. The SMILES string of the molecule is Cc1cc(C[SH](=O)=O)[c]c(-c2ccccc2)c1. The van der Waals surface area contributed by atoms with Gasteiger partial charge < -0.3 is 0 Å². The monoisotopic (exact) mass is 245 g/mol. The van der Waals surface area contributed by atoms with E-state index in [0.717, 1.165) is 22.3 Å². The molecule has 0 spiro atoms. The van der Waals surface area contributed by atoms with Gasteiger partial charge in [0.1, 0.15) is 10.7 Å². The lowest BCUT2D eigenvalue weighted by Gasteiger charge is -2.05. The largest absolute Gasteiger partial charge is 0.232 e. The topological polar surface area (TPSA) is 34.1 Å². The fraction of sp³-hybridized carbons (Fsp3) is 0.143. The zero-order valence-corrected chi connectivity index (χ0v) is 10.4. The van der Waals surface area contributed by atoms with Crippen molar-refractivity contribution in [2.45, 2.75) is 12.7 Å². The van der Waals surface area contributed by atoms with E-state index in [9.17, 15) is 8.42 Å². The first-order valence-electron chi connectivity index (χ1n) is 5.35. The summed E-state index contributed by atoms with van der Waals surface area (Å²) in [5.74, 6) is 0.0524. The van der Waals surface area contributed by atoms with E-state index in [4.69, 9.17) is 0 Å². The minimum Gasteiger partial charge on any atom is -0.232 e. The molecule has 17 heavy (non-hydrogen) atoms. The van der Waals surface area contributed by atoms with Crippen molar-refractivity contribution in [3.63, 3.8) is 0 Å². The fourth-order valence-corrected chi connectivity index (χ4v) is 2.24. The molecule has 0 heterocycles. The Labute approximate surface area is 103 Å². The van der Waals surface area contributed by atoms with E-state index in [1.54, 1.807) is 0 Å². The average molecular weight is 245 g/mol. The molecule has 0 aliphatic carbocycles. The standard InChI is InChI=1S/C14H13O2S/c1-11-7-12(10-17(15)16)9-14(8-11)13-5-3-2-4-6-13/h2-8,17H,10H2,1H3. The number of hydrogen-bond acceptors (Lipinski definition) is 2. The van der Waals surface area contributed by atoms with Gasteiger partial charge in [-0.25, -0.2) is 8.42 Å². The highest BCUT2D eigenvalue weighted by molar-refractivity contribution is 7.71. The van der Waals surface area contributed by atoms with E-state index < -0.39 is 10.7 Å². The third-order valence-electron chi connectivity index (χ3n) is 2.45. The van der Waals surface area contributed by atoms with Gasteiger partial charge in [-0.05, 0) is 29.7 Å². The Morgan fingerprint density at radius 2 is 1.82 bits per heavy atom. The minimum absolute atomic E-state index is 0.0524. The van der Waals surface area contributed by atoms with Crippen LogP contribution in [0.2, 0.25) is 0 Å². The third kappa shape index (κ3) is 3.17. The Morgan fingerprint density at radius 1 is 1.12 bits per heavy atom. The minimum atomic E-state index is -2.40. The maximum absolute atomic E-state index is 10.7. The second-order valence-corrected chi connectivity index (χ2v) is 4.94. The number of aryl methyl sites for hydroxylation is 1. The zero-order chi connectivity index (χ0) is 12.3. The molecule has 0 aromatic heterocycles. The first-order valence-corrected chi connectivity index (χ1v) is 6.71. The molecule has 2 rings (SSSR count). The molecule has 0 bridgehead atoms. The molecule has 0 amide bonds. The van der Waals surface area contributed by atoms with Crippen molar-refractivity contribution >= 4 is 10.7 Å². The summed E-state index contributed by atoms with van der Waals surface area (Å²) in [5.41, 5.74) is 3.77. The van der Waals surface area contributed by atoms with E-state index >= 15 is 0 Å². The van der Waals surface area contributed by atoms with E-state index in [-0.39, 0.29) is 5.75 Å². The highest BCUT2D eigenvalue weighted by Gasteiger charge is 2.02. The van der Waals surface area contributed by atoms with Crippen LogP contribution in [0.4, 0.5) is 0 Å². The fourth-order valence-electron chi connectivity index (χ4n) is 1.79. The second-order valence-electron chi connectivity index (χ2n) is 3.95. The highest BCUT2D eigenvalue weighted by Crippen LogP contribution is 2.21. The first-order chi connectivity index (χ1) is 8.15. The van der Waals surface area contributed by atoms with Crippen molar-refractivity contribution in [2.75, 3.05) is 0 Å². The average Bonchev–Trinajstić information content (AvgIpc) is 2.28. The molecule has 3 heteroatoms. The predicted octanol–water partition coefficient (Wildman–Crippen LogP) is 2.57. The normalized spacial score (nSPS) is 10.7. The zero-order valence-electron chi connectivity index (χ0n) is 9.51. The molecule has 0 saturated carbocycles. The lowest BCUT2D eigenvalue weighted by atomic mass is 10.0. The van der Waals surface area contributed by atoms with Crippen LogP contribution in [0.1, 0.15) is 11.1 Å². The van der Waals surface area contributed by atoms with Crippen molar-refractivity contribution in [3.05, 3.63) is 59.7 Å². The highest BCUT2D eigenvalue weighted by atomic mass is 32.2. The van der Waals surface area contributed by atoms with Gasteiger partial charge in [0.2, 0.25) is 0 Å². The van der Waals surface area contributed by atoms with E-state index in [2.05, 4.69) is 6.07 Å². The summed E-state index contributed by atoms with van der Waals surface area (Å²) < 4.78 is 21.5. The molecule has 87 valence electrons. The van der Waals surface area contributed by atoms with Gasteiger partial charge in [0.05, 0.1) is 5.75 Å². The van der Waals surface area contributed by atoms with E-state index in [1.165, 1.54) is 0 Å². The number of benzene rings is 2. The van der Waals surface area contributed by atoms with Crippen molar-refractivity contribution in [1.82, 2.24) is 0 Å². The van der Waals surface area contributed by atoms with Crippen LogP contribution in [0.5, 0.6) is 0 Å². The summed E-state index contributed by atoms with van der Waals surface area (Å²) >= 11 is 0. The van der Waals surface area contributed by atoms with E-state index in [0.29, 0.717) is 0 Å². The van der Waals surface area contributed by atoms with E-state index in [1.807, 2.05) is 49.4 Å². The quantitative estimate of drug-likeness (QED) is 0.843. The van der Waals surface area contributed by atoms with Gasteiger partial charge >= 0.3 is 0 Å². The number of thiol groups is 1. The summed E-state index contributed by atoms with van der Waals surface area (Å²) in [7, 11) is -2.40. The molecule has 2 aromatic rings. The molecular formula is C14H13O2S. The molecule has 0 aliphatic heterocycles. The van der Waals surface area contributed by atoms with Gasteiger partial charge in [0.15, 0.2) is 0 Å². The van der Waals surface area contributed by atoms with Crippen LogP contribution in [-0.4, -0.2) is 8.42 Å². The molecule has 1 radical (unpaired) electrons. The summed E-state index contributed by atoms with van der Waals surface area (Å²) in [6.07, 6.45) is 0. The Bertz CT molecular complexity index is 578. The van der Waals surface area contributed by atoms with Gasteiger partial charge in [-0.15, -0.1) is 0 Å². The Morgan fingerprint density at radius 3 is 2.47 bits per heavy atom. The Hall–Kier alpha value is -1.61. The van der Waals surface area contributed by atoms with Crippen molar-refractivity contribution in [2.24, 2.45) is 0 Å². The Balaban J connectivity index is 2.45. The van der Waals surface area contributed by atoms with Gasteiger partial charge in [0.25, 0.3) is 0 Å². The first kappa shape index (κ1) is 11.9. The van der Waals surface area contributed by atoms with Crippen LogP contribution in [0.15, 0.2) is 42.5 Å². The molecule has 0 unspecified atom stereocenters. The molecule has 0 N–H and O–H groups in total. The lowest BCUT2D eigenvalue weighted by Crippen LogP contribution is -1.90. The van der Waals surface area contributed by atoms with Gasteiger partial charge in [0, 0.05) is 0 Å².